The molecule has 3 aromatic carbocycles. The standard InChI is InChI=1S/C34H33F3N4O/c1-4-33-38-21-29-25(6-5-7-31(29)39-33)12-13-26-20-27(10-8-23(26)2)32(42)19-24-9-11-28(30(18-24)34(35,36)37)22-41-16-14-40(3)15-17-41/h5-11,18,20-21H,4,14-17,19,22H2,1-3H3. The Hall–Kier alpha value is -4.06. The molecule has 0 amide bonds. The number of ketones is 1. The zero-order valence-electron chi connectivity index (χ0n) is 24.1. The van der Waals surface area contributed by atoms with E-state index in [1.165, 1.54) is 6.07 Å². The Morgan fingerprint density at radius 1 is 0.976 bits per heavy atom. The molecule has 0 saturated carbocycles. The first-order valence-electron chi connectivity index (χ1n) is 14.1. The summed E-state index contributed by atoms with van der Waals surface area (Å²) in [6, 6.07) is 15.3. The highest BCUT2D eigenvalue weighted by molar-refractivity contribution is 5.98. The summed E-state index contributed by atoms with van der Waals surface area (Å²) in [6.07, 6.45) is -2.11. The predicted octanol–water partition coefficient (Wildman–Crippen LogP) is 6.09. The Morgan fingerprint density at radius 3 is 2.48 bits per heavy atom. The molecule has 8 heteroatoms. The molecule has 0 bridgehead atoms. The molecule has 1 aromatic heterocycles. The first-order chi connectivity index (χ1) is 20.1. The van der Waals surface area contributed by atoms with Crippen molar-refractivity contribution in [1.29, 1.82) is 0 Å². The second-order valence-electron chi connectivity index (χ2n) is 10.8. The summed E-state index contributed by atoms with van der Waals surface area (Å²) in [5.41, 5.74) is 3.50. The van der Waals surface area contributed by atoms with Gasteiger partial charge in [0.05, 0.1) is 11.1 Å². The molecule has 5 nitrogen and oxygen atoms in total. The van der Waals surface area contributed by atoms with Crippen molar-refractivity contribution >= 4 is 16.7 Å². The van der Waals surface area contributed by atoms with E-state index in [2.05, 4.69) is 26.7 Å². The van der Waals surface area contributed by atoms with Crippen molar-refractivity contribution in [3.05, 3.63) is 106 Å². The molecule has 1 aliphatic rings. The maximum atomic E-state index is 14.0. The quantitative estimate of drug-likeness (QED) is 0.207. The monoisotopic (exact) mass is 570 g/mol. The molecular weight excluding hydrogens is 537 g/mol. The van der Waals surface area contributed by atoms with Gasteiger partial charge in [0.25, 0.3) is 0 Å². The minimum absolute atomic E-state index is 0.131. The molecule has 0 unspecified atom stereocenters. The number of alkyl halides is 3. The molecule has 4 aromatic rings. The zero-order chi connectivity index (χ0) is 29.9. The van der Waals surface area contributed by atoms with E-state index in [0.29, 0.717) is 16.7 Å². The SMILES string of the molecule is CCc1ncc2c(C#Cc3cc(C(=O)Cc4ccc(CN5CCN(C)CC5)c(C(F)(F)F)c4)ccc3C)cccc2n1. The third kappa shape index (κ3) is 6.87. The highest BCUT2D eigenvalue weighted by Crippen LogP contribution is 2.34. The summed E-state index contributed by atoms with van der Waals surface area (Å²) >= 11 is 0. The number of carbonyl (C=O) groups is 1. The topological polar surface area (TPSA) is 49.3 Å². The normalized spacial score (nSPS) is 14.5. The Balaban J connectivity index is 1.36. The van der Waals surface area contributed by atoms with Crippen molar-refractivity contribution in [3.8, 4) is 11.8 Å². The van der Waals surface area contributed by atoms with E-state index in [0.717, 1.165) is 66.5 Å². The number of hydrogen-bond acceptors (Lipinski definition) is 5. The highest BCUT2D eigenvalue weighted by Gasteiger charge is 2.34. The third-order valence-electron chi connectivity index (χ3n) is 7.72. The molecule has 0 radical (unpaired) electrons. The van der Waals surface area contributed by atoms with Crippen molar-refractivity contribution in [2.45, 2.75) is 39.4 Å². The van der Waals surface area contributed by atoms with Gasteiger partial charge in [-0.2, -0.15) is 13.2 Å². The summed E-state index contributed by atoms with van der Waals surface area (Å²) in [5.74, 6) is 6.87. The fraction of sp³-hybridized carbons (Fsp3) is 0.324. The average molecular weight is 571 g/mol. The zero-order valence-corrected chi connectivity index (χ0v) is 24.1. The number of benzene rings is 3. The van der Waals surface area contributed by atoms with Crippen LogP contribution in [-0.2, 0) is 25.6 Å². The van der Waals surface area contributed by atoms with Gasteiger partial charge in [-0.15, -0.1) is 0 Å². The number of nitrogens with zero attached hydrogens (tertiary/aromatic N) is 4. The molecule has 2 heterocycles. The highest BCUT2D eigenvalue weighted by atomic mass is 19.4. The number of hydrogen-bond donors (Lipinski definition) is 0. The molecule has 216 valence electrons. The van der Waals surface area contributed by atoms with Crippen molar-refractivity contribution in [3.63, 3.8) is 0 Å². The first-order valence-corrected chi connectivity index (χ1v) is 14.1. The van der Waals surface area contributed by atoms with Crippen LogP contribution in [0.3, 0.4) is 0 Å². The summed E-state index contributed by atoms with van der Waals surface area (Å²) in [4.78, 5) is 26.4. The average Bonchev–Trinajstić information content (AvgIpc) is 2.97. The summed E-state index contributed by atoms with van der Waals surface area (Å²) in [7, 11) is 2.01. The number of fused-ring (bicyclic) bond motifs is 1. The molecule has 0 spiro atoms. The van der Waals surface area contributed by atoms with Gasteiger partial charge in [0.2, 0.25) is 0 Å². The van der Waals surface area contributed by atoms with Crippen molar-refractivity contribution in [1.82, 2.24) is 19.8 Å². The summed E-state index contributed by atoms with van der Waals surface area (Å²) in [5, 5.41) is 0.851. The minimum atomic E-state index is -4.50. The van der Waals surface area contributed by atoms with Gasteiger partial charge in [-0.25, -0.2) is 9.97 Å². The fourth-order valence-electron chi connectivity index (χ4n) is 5.11. The number of aromatic nitrogens is 2. The Kier molecular flexibility index (Phi) is 8.72. The van der Waals surface area contributed by atoms with Crippen LogP contribution in [0.25, 0.3) is 10.9 Å². The smallest absolute Gasteiger partial charge is 0.304 e. The van der Waals surface area contributed by atoms with Crippen molar-refractivity contribution in [2.24, 2.45) is 0 Å². The molecule has 1 saturated heterocycles. The van der Waals surface area contributed by atoms with E-state index in [9.17, 15) is 18.0 Å². The van der Waals surface area contributed by atoms with Crippen molar-refractivity contribution < 1.29 is 18.0 Å². The lowest BCUT2D eigenvalue weighted by Crippen LogP contribution is -2.44. The largest absolute Gasteiger partial charge is 0.416 e. The van der Waals surface area contributed by atoms with E-state index in [-0.39, 0.29) is 24.3 Å². The number of likely N-dealkylation sites (N-methyl/N-ethyl adjacent to an activating group) is 1. The van der Waals surface area contributed by atoms with E-state index >= 15 is 0 Å². The molecule has 0 atom stereocenters. The van der Waals surface area contributed by atoms with E-state index in [1.807, 2.05) is 50.1 Å². The number of piperazine rings is 1. The van der Waals surface area contributed by atoms with Crippen LogP contribution < -0.4 is 0 Å². The van der Waals surface area contributed by atoms with Gasteiger partial charge >= 0.3 is 6.18 Å². The van der Waals surface area contributed by atoms with Crippen LogP contribution in [0.1, 0.15) is 56.5 Å². The van der Waals surface area contributed by atoms with Gasteiger partial charge in [-0.1, -0.05) is 49.1 Å². The van der Waals surface area contributed by atoms with E-state index in [4.69, 9.17) is 0 Å². The molecule has 42 heavy (non-hydrogen) atoms. The minimum Gasteiger partial charge on any atom is -0.304 e. The predicted molar refractivity (Wildman–Crippen MR) is 158 cm³/mol. The molecule has 1 fully saturated rings. The third-order valence-corrected chi connectivity index (χ3v) is 7.72. The van der Waals surface area contributed by atoms with E-state index < -0.39 is 11.7 Å². The summed E-state index contributed by atoms with van der Waals surface area (Å²) in [6.45, 7) is 7.25. The molecular formula is C34H33F3N4O. The lowest BCUT2D eigenvalue weighted by Gasteiger charge is -2.33. The second-order valence-corrected chi connectivity index (χ2v) is 10.8. The second kappa shape index (κ2) is 12.4. The number of aryl methyl sites for hydroxylation is 2. The Morgan fingerprint density at radius 2 is 1.74 bits per heavy atom. The van der Waals surface area contributed by atoms with Crippen LogP contribution in [-0.4, -0.2) is 58.8 Å². The number of halogens is 3. The lowest BCUT2D eigenvalue weighted by atomic mass is 9.96. The molecule has 0 aliphatic carbocycles. The Bertz CT molecular complexity index is 1680. The molecule has 1 aliphatic heterocycles. The van der Waals surface area contributed by atoms with Crippen LogP contribution in [0.5, 0.6) is 0 Å². The van der Waals surface area contributed by atoms with Crippen LogP contribution in [0.15, 0.2) is 60.8 Å². The van der Waals surface area contributed by atoms with Crippen LogP contribution in [0.4, 0.5) is 13.2 Å². The van der Waals surface area contributed by atoms with Crippen LogP contribution >= 0.6 is 0 Å². The first kappa shape index (κ1) is 29.4. The van der Waals surface area contributed by atoms with Crippen LogP contribution in [0, 0.1) is 18.8 Å². The van der Waals surface area contributed by atoms with Gasteiger partial charge in [-0.3, -0.25) is 9.69 Å². The van der Waals surface area contributed by atoms with Crippen LogP contribution in [0.2, 0.25) is 0 Å². The number of rotatable bonds is 6. The maximum Gasteiger partial charge on any atom is 0.416 e. The number of carbonyl (C=O) groups excluding carboxylic acids is 1. The number of Topliss-reactive ketones (excluding diaryl/α,β-unsaturated/α-hetero) is 1. The molecule has 0 N–H and O–H groups in total. The molecule has 5 rings (SSSR count). The van der Waals surface area contributed by atoms with Gasteiger partial charge < -0.3 is 4.90 Å². The maximum absolute atomic E-state index is 14.0. The van der Waals surface area contributed by atoms with Gasteiger partial charge in [0.1, 0.15) is 5.82 Å². The lowest BCUT2D eigenvalue weighted by molar-refractivity contribution is -0.138. The van der Waals surface area contributed by atoms with Gasteiger partial charge in [-0.05, 0) is 54.9 Å². The van der Waals surface area contributed by atoms with E-state index in [1.54, 1.807) is 24.4 Å². The Labute approximate surface area is 244 Å². The summed E-state index contributed by atoms with van der Waals surface area (Å²) < 4.78 is 42.1. The fourth-order valence-corrected chi connectivity index (χ4v) is 5.11. The van der Waals surface area contributed by atoms with Gasteiger partial charge in [0.15, 0.2) is 5.78 Å². The van der Waals surface area contributed by atoms with Crippen molar-refractivity contribution in [2.75, 3.05) is 33.2 Å². The van der Waals surface area contributed by atoms with Gasteiger partial charge in [0, 0.05) is 73.8 Å².